The van der Waals surface area contributed by atoms with E-state index in [1.807, 2.05) is 36.9 Å². The van der Waals surface area contributed by atoms with Crippen LogP contribution in [0.15, 0.2) is 54.9 Å². The van der Waals surface area contributed by atoms with Gasteiger partial charge in [-0.1, -0.05) is 11.6 Å². The minimum absolute atomic E-state index is 0.0479. The van der Waals surface area contributed by atoms with E-state index >= 15 is 0 Å². The number of carbonyl (C=O) groups excluding carboxylic acids is 2. The molecule has 166 valence electrons. The Kier molecular flexibility index (Phi) is 6.30. The average Bonchev–Trinajstić information content (AvgIpc) is 3.31. The van der Waals surface area contributed by atoms with Crippen LogP contribution in [-0.4, -0.2) is 44.3 Å². The molecule has 0 aliphatic carbocycles. The lowest BCUT2D eigenvalue weighted by molar-refractivity contribution is -0.117. The largest absolute Gasteiger partial charge is 0.336 e. The van der Waals surface area contributed by atoms with Gasteiger partial charge in [-0.15, -0.1) is 0 Å². The number of nitrogens with one attached hydrogen (secondary N) is 1. The molecular weight excluding hydrogens is 409 g/mol. The number of likely N-dealkylation sites (tertiary alicyclic amines) is 1. The highest BCUT2D eigenvalue weighted by molar-refractivity contribution is 5.98. The molecule has 1 saturated heterocycles. The van der Waals surface area contributed by atoms with Crippen LogP contribution in [0.3, 0.4) is 0 Å². The van der Waals surface area contributed by atoms with E-state index in [4.69, 9.17) is 0 Å². The summed E-state index contributed by atoms with van der Waals surface area (Å²) in [4.78, 5) is 29.4. The Labute approximate surface area is 186 Å². The summed E-state index contributed by atoms with van der Waals surface area (Å²) in [7, 11) is 0. The van der Waals surface area contributed by atoms with Gasteiger partial charge < -0.3 is 10.2 Å². The minimum atomic E-state index is -0.348. The lowest BCUT2D eigenvalue weighted by Crippen LogP contribution is -2.46. The number of hydrogen-bond acceptors (Lipinski definition) is 4. The lowest BCUT2D eigenvalue weighted by atomic mass is 9.90. The van der Waals surface area contributed by atoms with Crippen molar-refractivity contribution in [1.82, 2.24) is 19.9 Å². The number of aryl methyl sites for hydroxylation is 1. The van der Waals surface area contributed by atoms with Crippen LogP contribution in [0.2, 0.25) is 0 Å². The Hall–Kier alpha value is -3.55. The van der Waals surface area contributed by atoms with Crippen molar-refractivity contribution in [3.8, 4) is 5.69 Å². The van der Waals surface area contributed by atoms with Crippen molar-refractivity contribution in [3.63, 3.8) is 0 Å². The maximum atomic E-state index is 13.6. The van der Waals surface area contributed by atoms with Gasteiger partial charge in [-0.05, 0) is 69.0 Å². The summed E-state index contributed by atoms with van der Waals surface area (Å²) >= 11 is 0. The monoisotopic (exact) mass is 435 g/mol. The molecule has 1 aromatic heterocycles. The van der Waals surface area contributed by atoms with Crippen LogP contribution in [0.4, 0.5) is 10.1 Å². The molecule has 0 unspecified atom stereocenters. The second-order valence-electron chi connectivity index (χ2n) is 8.35. The molecule has 2 aromatic carbocycles. The topological polar surface area (TPSA) is 80.1 Å². The number of anilines is 1. The standard InChI is InChI=1S/C24H26FN5O2/c1-16-3-10-22(30-26-11-12-27-30)21(13-16)24(32)29-15-18(5-4-17(29)2)14-23(31)28-20-8-6-19(25)7-9-20/h3,6-13,17-18H,4-5,14-15H2,1-2H3,(H,28,31)/t17-,18-/m1/s1. The van der Waals surface area contributed by atoms with E-state index in [9.17, 15) is 14.0 Å². The smallest absolute Gasteiger partial charge is 0.256 e. The van der Waals surface area contributed by atoms with Crippen LogP contribution >= 0.6 is 0 Å². The molecule has 8 heteroatoms. The van der Waals surface area contributed by atoms with Gasteiger partial charge in [-0.25, -0.2) is 4.39 Å². The molecule has 4 rings (SSSR count). The second kappa shape index (κ2) is 9.30. The molecule has 2 atom stereocenters. The number of amides is 2. The molecule has 1 aliphatic heterocycles. The van der Waals surface area contributed by atoms with Gasteiger partial charge in [0.05, 0.1) is 23.6 Å². The predicted molar refractivity (Wildman–Crippen MR) is 119 cm³/mol. The summed E-state index contributed by atoms with van der Waals surface area (Å²) in [5, 5.41) is 11.2. The first-order valence-electron chi connectivity index (χ1n) is 10.7. The molecule has 1 N–H and O–H groups in total. The Morgan fingerprint density at radius 3 is 2.53 bits per heavy atom. The maximum absolute atomic E-state index is 13.6. The van der Waals surface area contributed by atoms with Crippen LogP contribution in [0, 0.1) is 18.7 Å². The van der Waals surface area contributed by atoms with Crippen molar-refractivity contribution in [2.24, 2.45) is 5.92 Å². The van der Waals surface area contributed by atoms with E-state index in [1.54, 1.807) is 12.4 Å². The van der Waals surface area contributed by atoms with E-state index in [0.29, 0.717) is 29.9 Å². The van der Waals surface area contributed by atoms with Crippen LogP contribution in [0.5, 0.6) is 0 Å². The van der Waals surface area contributed by atoms with Gasteiger partial charge >= 0.3 is 0 Å². The van der Waals surface area contributed by atoms with Crippen LogP contribution < -0.4 is 5.32 Å². The zero-order chi connectivity index (χ0) is 22.7. The van der Waals surface area contributed by atoms with E-state index in [2.05, 4.69) is 15.5 Å². The third-order valence-corrected chi connectivity index (χ3v) is 5.86. The Morgan fingerprint density at radius 1 is 1.09 bits per heavy atom. The fourth-order valence-electron chi connectivity index (χ4n) is 4.13. The fourth-order valence-corrected chi connectivity index (χ4v) is 4.13. The van der Waals surface area contributed by atoms with Crippen LogP contribution in [0.25, 0.3) is 5.69 Å². The molecule has 1 fully saturated rings. The Balaban J connectivity index is 1.48. The van der Waals surface area contributed by atoms with E-state index in [-0.39, 0.29) is 29.6 Å². The molecule has 3 aromatic rings. The molecule has 1 aliphatic rings. The molecule has 0 saturated carbocycles. The molecule has 0 bridgehead atoms. The molecule has 32 heavy (non-hydrogen) atoms. The normalized spacial score (nSPS) is 18.4. The first-order chi connectivity index (χ1) is 15.4. The first-order valence-corrected chi connectivity index (χ1v) is 10.7. The predicted octanol–water partition coefficient (Wildman–Crippen LogP) is 3.98. The van der Waals surface area contributed by atoms with Gasteiger partial charge in [-0.2, -0.15) is 15.0 Å². The number of aromatic nitrogens is 3. The van der Waals surface area contributed by atoms with Crippen LogP contribution in [0.1, 0.15) is 42.1 Å². The first kappa shape index (κ1) is 21.7. The van der Waals surface area contributed by atoms with E-state index in [1.165, 1.54) is 29.1 Å². The summed E-state index contributed by atoms with van der Waals surface area (Å²) < 4.78 is 13.1. The molecule has 0 spiro atoms. The van der Waals surface area contributed by atoms with Gasteiger partial charge in [0.15, 0.2) is 0 Å². The Morgan fingerprint density at radius 2 is 1.81 bits per heavy atom. The van der Waals surface area contributed by atoms with E-state index < -0.39 is 0 Å². The second-order valence-corrected chi connectivity index (χ2v) is 8.35. The van der Waals surface area contributed by atoms with Gasteiger partial charge in [0.25, 0.3) is 5.91 Å². The summed E-state index contributed by atoms with van der Waals surface area (Å²) in [6.07, 6.45) is 5.14. The highest BCUT2D eigenvalue weighted by atomic mass is 19.1. The number of halogens is 1. The van der Waals surface area contributed by atoms with Crippen molar-refractivity contribution in [1.29, 1.82) is 0 Å². The van der Waals surface area contributed by atoms with E-state index in [0.717, 1.165) is 18.4 Å². The van der Waals surface area contributed by atoms with Crippen molar-refractivity contribution >= 4 is 17.5 Å². The minimum Gasteiger partial charge on any atom is -0.336 e. The van der Waals surface area contributed by atoms with Gasteiger partial charge in [0.2, 0.25) is 5.91 Å². The fraction of sp³-hybridized carbons (Fsp3) is 0.333. The SMILES string of the molecule is Cc1ccc(-n2nccn2)c(C(=O)N2C[C@@H](CC(=O)Nc3ccc(F)cc3)CC[C@H]2C)c1. The summed E-state index contributed by atoms with van der Waals surface area (Å²) in [5.41, 5.74) is 2.72. The quantitative estimate of drug-likeness (QED) is 0.657. The number of benzene rings is 2. The molecule has 7 nitrogen and oxygen atoms in total. The summed E-state index contributed by atoms with van der Waals surface area (Å²) in [6, 6.07) is 11.4. The number of carbonyl (C=O) groups is 2. The number of hydrogen-bond donors (Lipinski definition) is 1. The van der Waals surface area contributed by atoms with Crippen molar-refractivity contribution in [3.05, 3.63) is 71.8 Å². The molecular formula is C24H26FN5O2. The lowest BCUT2D eigenvalue weighted by Gasteiger charge is -2.38. The zero-order valence-corrected chi connectivity index (χ0v) is 18.2. The number of nitrogens with zero attached hydrogens (tertiary/aromatic N) is 4. The van der Waals surface area contributed by atoms with Gasteiger partial charge in [0.1, 0.15) is 5.82 Å². The maximum Gasteiger partial charge on any atom is 0.256 e. The highest BCUT2D eigenvalue weighted by Crippen LogP contribution is 2.28. The van der Waals surface area contributed by atoms with Crippen molar-refractivity contribution < 1.29 is 14.0 Å². The molecule has 2 amide bonds. The summed E-state index contributed by atoms with van der Waals surface area (Å²) in [6.45, 7) is 4.48. The van der Waals surface area contributed by atoms with Crippen molar-refractivity contribution in [2.75, 3.05) is 11.9 Å². The van der Waals surface area contributed by atoms with Crippen LogP contribution in [-0.2, 0) is 4.79 Å². The molecule has 2 heterocycles. The van der Waals surface area contributed by atoms with Gasteiger partial charge in [0, 0.05) is 24.7 Å². The van der Waals surface area contributed by atoms with Gasteiger partial charge in [-0.3, -0.25) is 9.59 Å². The highest BCUT2D eigenvalue weighted by Gasteiger charge is 2.32. The Bertz CT molecular complexity index is 1100. The third kappa shape index (κ3) is 4.85. The average molecular weight is 436 g/mol. The number of piperidine rings is 1. The third-order valence-electron chi connectivity index (χ3n) is 5.86. The zero-order valence-electron chi connectivity index (χ0n) is 18.2. The van der Waals surface area contributed by atoms with Crippen molar-refractivity contribution in [2.45, 2.75) is 39.2 Å². The summed E-state index contributed by atoms with van der Waals surface area (Å²) in [5.74, 6) is -0.524. The molecule has 0 radical (unpaired) electrons. The number of rotatable bonds is 5.